The van der Waals surface area contributed by atoms with E-state index < -0.39 is 17.5 Å². The number of rotatable bonds is 5. The van der Waals surface area contributed by atoms with Gasteiger partial charge in [0, 0.05) is 12.1 Å². The molecule has 1 heterocycles. The molecular weight excluding hydrogens is 310 g/mol. The summed E-state index contributed by atoms with van der Waals surface area (Å²) >= 11 is 0. The van der Waals surface area contributed by atoms with Crippen molar-refractivity contribution < 1.29 is 23.5 Å². The molecule has 0 saturated heterocycles. The highest BCUT2D eigenvalue weighted by Gasteiger charge is 2.25. The van der Waals surface area contributed by atoms with E-state index in [1.54, 1.807) is 6.92 Å². The number of esters is 2. The predicted octanol–water partition coefficient (Wildman–Crippen LogP) is 3.36. The molecule has 0 spiro atoms. The maximum atomic E-state index is 11.9. The summed E-state index contributed by atoms with van der Waals surface area (Å²) in [5, 5.41) is 0. The second kappa shape index (κ2) is 7.64. The van der Waals surface area contributed by atoms with Crippen LogP contribution in [0.25, 0.3) is 0 Å². The Bertz CT molecular complexity index is 665. The molecule has 0 aliphatic carbocycles. The van der Waals surface area contributed by atoms with E-state index >= 15 is 0 Å². The van der Waals surface area contributed by atoms with Crippen molar-refractivity contribution in [1.82, 2.24) is 0 Å². The lowest BCUT2D eigenvalue weighted by Gasteiger charge is -2.28. The van der Waals surface area contributed by atoms with Crippen molar-refractivity contribution in [3.8, 4) is 0 Å². The molecule has 0 unspecified atom stereocenters. The predicted molar refractivity (Wildman–Crippen MR) is 89.7 cm³/mol. The van der Waals surface area contributed by atoms with Crippen molar-refractivity contribution in [2.45, 2.75) is 53.5 Å². The van der Waals surface area contributed by atoms with Gasteiger partial charge in [-0.25, -0.2) is 14.6 Å². The van der Waals surface area contributed by atoms with Gasteiger partial charge in [-0.2, -0.15) is 0 Å². The zero-order valence-corrected chi connectivity index (χ0v) is 15.6. The normalized spacial score (nSPS) is 12.9. The first kappa shape index (κ1) is 19.9. The van der Waals surface area contributed by atoms with E-state index in [0.29, 0.717) is 0 Å². The molecule has 0 N–H and O–H groups in total. The number of hydrogen-bond donors (Lipinski definition) is 0. The summed E-state index contributed by atoms with van der Waals surface area (Å²) in [5.41, 5.74) is 0.0200. The highest BCUT2D eigenvalue weighted by molar-refractivity contribution is 5.93. The Balaban J connectivity index is 3.40. The average molecular weight is 337 g/mol. The molecule has 0 aromatic carbocycles. The summed E-state index contributed by atoms with van der Waals surface area (Å²) in [7, 11) is 1.27. The Labute approximate surface area is 142 Å². The number of ether oxygens (including phenoxy) is 2. The molecule has 6 nitrogen and oxygen atoms in total. The van der Waals surface area contributed by atoms with Crippen LogP contribution in [0, 0.1) is 5.41 Å². The van der Waals surface area contributed by atoms with E-state index in [1.807, 2.05) is 13.8 Å². The van der Waals surface area contributed by atoms with Crippen molar-refractivity contribution >= 4 is 11.9 Å². The van der Waals surface area contributed by atoms with E-state index in [-0.39, 0.29) is 28.9 Å². The molecule has 0 aliphatic heterocycles. The molecule has 1 aromatic heterocycles. The van der Waals surface area contributed by atoms with Gasteiger partial charge in [-0.1, -0.05) is 20.8 Å². The zero-order chi connectivity index (χ0) is 18.5. The monoisotopic (exact) mass is 337 g/mol. The van der Waals surface area contributed by atoms with E-state index in [2.05, 4.69) is 25.8 Å². The number of carbonyl (C=O) groups is 2. The highest BCUT2D eigenvalue weighted by atomic mass is 16.5. The Morgan fingerprint density at radius 3 is 2.25 bits per heavy atom. The van der Waals surface area contributed by atoms with Gasteiger partial charge < -0.3 is 13.9 Å². The fraction of sp³-hybridized carbons (Fsp3) is 0.611. The fourth-order valence-electron chi connectivity index (χ4n) is 2.72. The van der Waals surface area contributed by atoms with E-state index in [1.165, 1.54) is 19.2 Å². The maximum Gasteiger partial charge on any atom is 0.374 e. The number of nitrogens with zero attached hydrogens (tertiary/aromatic N) is 1. The van der Waals surface area contributed by atoms with E-state index in [9.17, 15) is 9.59 Å². The second-order valence-electron chi connectivity index (χ2n) is 7.42. The molecule has 134 valence electrons. The summed E-state index contributed by atoms with van der Waals surface area (Å²) in [6.07, 6.45) is 0.798. The van der Waals surface area contributed by atoms with Crippen LogP contribution in [0.1, 0.15) is 68.9 Å². The van der Waals surface area contributed by atoms with Crippen LogP contribution in [0.3, 0.4) is 0 Å². The van der Waals surface area contributed by atoms with Crippen molar-refractivity contribution in [3.05, 3.63) is 29.0 Å². The summed E-state index contributed by atoms with van der Waals surface area (Å²) in [4.78, 5) is 28.4. The van der Waals surface area contributed by atoms with Crippen LogP contribution in [0.5, 0.6) is 0 Å². The van der Waals surface area contributed by atoms with Crippen LogP contribution in [-0.4, -0.2) is 31.2 Å². The van der Waals surface area contributed by atoms with Crippen LogP contribution in [0.4, 0.5) is 0 Å². The Hall–Kier alpha value is -2.11. The van der Waals surface area contributed by atoms with Gasteiger partial charge in [0.25, 0.3) is 0 Å². The van der Waals surface area contributed by atoms with Crippen molar-refractivity contribution in [3.63, 3.8) is 0 Å². The largest absolute Gasteiger partial charge is 0.465 e. The molecule has 24 heavy (non-hydrogen) atoms. The molecular formula is C18H27NO5. The third-order valence-corrected chi connectivity index (χ3v) is 3.05. The van der Waals surface area contributed by atoms with Gasteiger partial charge in [0.2, 0.25) is 11.3 Å². The number of carbonyl (C=O) groups excluding carboxylic acids is 2. The summed E-state index contributed by atoms with van der Waals surface area (Å²) in [5.74, 6) is -1.29. The van der Waals surface area contributed by atoms with Crippen LogP contribution < -0.4 is 5.55 Å². The van der Waals surface area contributed by atoms with Crippen LogP contribution in [0.15, 0.2) is 21.5 Å². The van der Waals surface area contributed by atoms with Gasteiger partial charge in [-0.05, 0) is 32.6 Å². The molecule has 0 fully saturated rings. The van der Waals surface area contributed by atoms with Crippen LogP contribution in [0.2, 0.25) is 0 Å². The highest BCUT2D eigenvalue weighted by Crippen LogP contribution is 2.29. The third-order valence-electron chi connectivity index (χ3n) is 3.05. The lowest BCUT2D eigenvalue weighted by Crippen LogP contribution is -2.28. The smallest absolute Gasteiger partial charge is 0.374 e. The van der Waals surface area contributed by atoms with Crippen molar-refractivity contribution in [2.24, 2.45) is 10.4 Å². The van der Waals surface area contributed by atoms with Gasteiger partial charge in [0.1, 0.15) is 0 Å². The van der Waals surface area contributed by atoms with E-state index in [0.717, 1.165) is 6.42 Å². The van der Waals surface area contributed by atoms with Crippen LogP contribution >= 0.6 is 0 Å². The van der Waals surface area contributed by atoms with E-state index in [4.69, 9.17) is 13.9 Å². The topological polar surface area (TPSA) is 78.1 Å². The SMILES string of the molecule is CCOC(=O)c1cc(C(=O)OC)cc(=NC(C)(C)CC(C)(C)C)o1. The number of methoxy groups -OCH3 is 1. The second-order valence-corrected chi connectivity index (χ2v) is 7.42. The van der Waals surface area contributed by atoms with Crippen molar-refractivity contribution in [1.29, 1.82) is 0 Å². The molecule has 0 saturated carbocycles. The standard InChI is InChI=1S/C18H27NO5/c1-8-23-16(21)13-9-12(15(20)22-7)10-14(24-13)19-18(5,6)11-17(2,3)4/h9-10H,8,11H2,1-7H3. The molecule has 0 aliphatic rings. The summed E-state index contributed by atoms with van der Waals surface area (Å²) < 4.78 is 15.2. The minimum Gasteiger partial charge on any atom is -0.465 e. The molecule has 0 bridgehead atoms. The maximum absolute atomic E-state index is 11.9. The first-order chi connectivity index (χ1) is 11.0. The fourth-order valence-corrected chi connectivity index (χ4v) is 2.72. The number of hydrogen-bond acceptors (Lipinski definition) is 6. The quantitative estimate of drug-likeness (QED) is 0.770. The van der Waals surface area contributed by atoms with Crippen LogP contribution in [-0.2, 0) is 9.47 Å². The molecule has 0 atom stereocenters. The first-order valence-electron chi connectivity index (χ1n) is 7.94. The molecule has 0 amide bonds. The minimum atomic E-state index is -0.645. The Kier molecular flexibility index (Phi) is 6.35. The van der Waals surface area contributed by atoms with Crippen molar-refractivity contribution in [2.75, 3.05) is 13.7 Å². The molecule has 1 aromatic rings. The molecule has 6 heteroatoms. The first-order valence-corrected chi connectivity index (χ1v) is 7.94. The lowest BCUT2D eigenvalue weighted by molar-refractivity contribution is 0.0482. The lowest BCUT2D eigenvalue weighted by atomic mass is 9.82. The zero-order valence-electron chi connectivity index (χ0n) is 15.6. The third kappa shape index (κ3) is 6.18. The van der Waals surface area contributed by atoms with Gasteiger partial charge in [0.15, 0.2) is 0 Å². The van der Waals surface area contributed by atoms with Gasteiger partial charge in [0.05, 0.1) is 24.8 Å². The summed E-state index contributed by atoms with van der Waals surface area (Å²) in [6.45, 7) is 12.2. The Morgan fingerprint density at radius 1 is 1.12 bits per heavy atom. The van der Waals surface area contributed by atoms with Gasteiger partial charge >= 0.3 is 11.9 Å². The summed E-state index contributed by atoms with van der Waals surface area (Å²) in [6, 6.07) is 2.78. The van der Waals surface area contributed by atoms with Gasteiger partial charge in [-0.3, -0.25) is 0 Å². The Morgan fingerprint density at radius 2 is 1.75 bits per heavy atom. The van der Waals surface area contributed by atoms with Gasteiger partial charge in [-0.15, -0.1) is 0 Å². The average Bonchev–Trinajstić information content (AvgIpc) is 2.43. The molecule has 1 rings (SSSR count). The minimum absolute atomic E-state index is 0.0664. The molecule has 0 radical (unpaired) electrons.